The van der Waals surface area contributed by atoms with Crippen molar-refractivity contribution in [2.45, 2.75) is 25.3 Å². The third-order valence-corrected chi connectivity index (χ3v) is 5.46. The van der Waals surface area contributed by atoms with Crippen molar-refractivity contribution in [3.05, 3.63) is 59.0 Å². The summed E-state index contributed by atoms with van der Waals surface area (Å²) in [4.78, 5) is 15.3. The van der Waals surface area contributed by atoms with Gasteiger partial charge in [-0.25, -0.2) is 4.39 Å². The number of hydrogen-bond acceptors (Lipinski definition) is 3. The van der Waals surface area contributed by atoms with E-state index >= 15 is 0 Å². The van der Waals surface area contributed by atoms with E-state index in [1.54, 1.807) is 12.1 Å². The fraction of sp³-hybridized carbons (Fsp3) is 0.286. The number of rotatable bonds is 4. The number of aromatic nitrogens is 1. The number of hydrogen-bond donors (Lipinski definition) is 4. The van der Waals surface area contributed by atoms with Crippen LogP contribution >= 0.6 is 0 Å². The zero-order valence-electron chi connectivity index (χ0n) is 15.0. The van der Waals surface area contributed by atoms with Crippen LogP contribution in [0.25, 0.3) is 22.0 Å². The molecule has 140 valence electrons. The summed E-state index contributed by atoms with van der Waals surface area (Å²) in [5, 5.41) is 4.38. The Labute approximate surface area is 156 Å². The highest BCUT2D eigenvalue weighted by atomic mass is 19.1. The number of nitrogens with one attached hydrogen (secondary N) is 2. The Balaban J connectivity index is 1.92. The van der Waals surface area contributed by atoms with Crippen molar-refractivity contribution >= 4 is 16.8 Å². The molecule has 1 saturated heterocycles. The van der Waals surface area contributed by atoms with Crippen LogP contribution in [0.2, 0.25) is 0 Å². The van der Waals surface area contributed by atoms with Crippen molar-refractivity contribution in [2.24, 2.45) is 11.5 Å². The molecular formula is C21H23FN4O. The fourth-order valence-electron chi connectivity index (χ4n) is 4.09. The Hall–Kier alpha value is -2.70. The fourth-order valence-corrected chi connectivity index (χ4v) is 4.09. The van der Waals surface area contributed by atoms with Crippen LogP contribution in [-0.2, 0) is 6.54 Å². The largest absolute Gasteiger partial charge is 0.366 e. The Morgan fingerprint density at radius 2 is 1.96 bits per heavy atom. The monoisotopic (exact) mass is 366 g/mol. The summed E-state index contributed by atoms with van der Waals surface area (Å²) in [5.74, 6) is -0.386. The van der Waals surface area contributed by atoms with Gasteiger partial charge in [-0.05, 0) is 78.4 Å². The van der Waals surface area contributed by atoms with Crippen molar-refractivity contribution < 1.29 is 9.18 Å². The number of nitrogens with two attached hydrogens (primary N) is 2. The molecule has 27 heavy (non-hydrogen) atoms. The van der Waals surface area contributed by atoms with Gasteiger partial charge in [0.25, 0.3) is 5.91 Å². The van der Waals surface area contributed by atoms with Crippen LogP contribution in [0.15, 0.2) is 36.5 Å². The van der Waals surface area contributed by atoms with Gasteiger partial charge in [0.15, 0.2) is 0 Å². The number of H-pyrrole nitrogens is 1. The third-order valence-electron chi connectivity index (χ3n) is 5.46. The van der Waals surface area contributed by atoms with Gasteiger partial charge in [0.2, 0.25) is 0 Å². The van der Waals surface area contributed by atoms with Gasteiger partial charge in [0, 0.05) is 18.1 Å². The highest BCUT2D eigenvalue weighted by molar-refractivity contribution is 6.07. The van der Waals surface area contributed by atoms with Crippen molar-refractivity contribution in [2.75, 3.05) is 13.1 Å². The second-order valence-electron chi connectivity index (χ2n) is 7.08. The van der Waals surface area contributed by atoms with Gasteiger partial charge in [-0.15, -0.1) is 0 Å². The average Bonchev–Trinajstić information content (AvgIpc) is 3.11. The lowest BCUT2D eigenvalue weighted by Crippen LogP contribution is -2.26. The number of benzene rings is 2. The summed E-state index contributed by atoms with van der Waals surface area (Å²) in [6.45, 7) is 2.18. The number of halogens is 1. The van der Waals surface area contributed by atoms with E-state index in [-0.39, 0.29) is 12.4 Å². The second kappa shape index (κ2) is 7.13. The molecule has 0 unspecified atom stereocenters. The lowest BCUT2D eigenvalue weighted by atomic mass is 9.88. The molecule has 0 bridgehead atoms. The molecular weight excluding hydrogens is 343 g/mol. The van der Waals surface area contributed by atoms with Crippen LogP contribution in [0.4, 0.5) is 4.39 Å². The van der Waals surface area contributed by atoms with E-state index in [9.17, 15) is 9.18 Å². The molecule has 6 N–H and O–H groups in total. The van der Waals surface area contributed by atoms with Crippen LogP contribution in [0.1, 0.15) is 40.2 Å². The minimum atomic E-state index is -0.489. The summed E-state index contributed by atoms with van der Waals surface area (Å²) < 4.78 is 13.6. The summed E-state index contributed by atoms with van der Waals surface area (Å²) in [5.41, 5.74) is 16.2. The van der Waals surface area contributed by atoms with Crippen LogP contribution in [-0.4, -0.2) is 24.0 Å². The van der Waals surface area contributed by atoms with Crippen LogP contribution in [0, 0.1) is 5.82 Å². The minimum absolute atomic E-state index is 0.214. The highest BCUT2D eigenvalue weighted by Gasteiger charge is 2.22. The summed E-state index contributed by atoms with van der Waals surface area (Å²) in [6.07, 6.45) is 4.09. The molecule has 3 aromatic rings. The van der Waals surface area contributed by atoms with E-state index in [0.29, 0.717) is 17.0 Å². The highest BCUT2D eigenvalue weighted by Crippen LogP contribution is 2.36. The van der Waals surface area contributed by atoms with E-state index in [2.05, 4.69) is 16.4 Å². The molecule has 5 nitrogen and oxygen atoms in total. The number of fused-ring (bicyclic) bond motifs is 1. The quantitative estimate of drug-likeness (QED) is 0.571. The Morgan fingerprint density at radius 3 is 2.67 bits per heavy atom. The zero-order chi connectivity index (χ0) is 19.0. The smallest absolute Gasteiger partial charge is 0.250 e. The average molecular weight is 366 g/mol. The van der Waals surface area contributed by atoms with Crippen LogP contribution in [0.3, 0.4) is 0 Å². The van der Waals surface area contributed by atoms with Gasteiger partial charge in [0.1, 0.15) is 5.82 Å². The van der Waals surface area contributed by atoms with Gasteiger partial charge in [0.05, 0.1) is 11.1 Å². The Kier molecular flexibility index (Phi) is 4.68. The van der Waals surface area contributed by atoms with Crippen LogP contribution < -0.4 is 16.8 Å². The summed E-state index contributed by atoms with van der Waals surface area (Å²) in [7, 11) is 0. The molecule has 4 rings (SSSR count). The molecule has 0 saturated carbocycles. The van der Waals surface area contributed by atoms with E-state index in [4.69, 9.17) is 11.5 Å². The van der Waals surface area contributed by atoms with Crippen molar-refractivity contribution in [3.8, 4) is 11.1 Å². The number of aromatic amines is 1. The number of amides is 1. The topological polar surface area (TPSA) is 96.9 Å². The molecule has 0 spiro atoms. The van der Waals surface area contributed by atoms with E-state index in [0.717, 1.165) is 48.0 Å². The first kappa shape index (κ1) is 17.7. The van der Waals surface area contributed by atoms with Crippen molar-refractivity contribution in [1.82, 2.24) is 10.3 Å². The molecule has 6 heteroatoms. The minimum Gasteiger partial charge on any atom is -0.366 e. The Bertz CT molecular complexity index is 1000. The zero-order valence-corrected chi connectivity index (χ0v) is 15.0. The van der Waals surface area contributed by atoms with Gasteiger partial charge in [-0.1, -0.05) is 6.07 Å². The third kappa shape index (κ3) is 3.22. The summed E-state index contributed by atoms with van der Waals surface area (Å²) >= 11 is 0. The molecule has 0 aliphatic carbocycles. The maximum atomic E-state index is 13.6. The van der Waals surface area contributed by atoms with Gasteiger partial charge in [-0.2, -0.15) is 0 Å². The maximum Gasteiger partial charge on any atom is 0.250 e. The van der Waals surface area contributed by atoms with Crippen molar-refractivity contribution in [1.29, 1.82) is 0 Å². The molecule has 2 aromatic carbocycles. The van der Waals surface area contributed by atoms with Gasteiger partial charge in [-0.3, -0.25) is 4.79 Å². The predicted molar refractivity (Wildman–Crippen MR) is 105 cm³/mol. The maximum absolute atomic E-state index is 13.6. The van der Waals surface area contributed by atoms with E-state index in [1.165, 1.54) is 17.7 Å². The number of carbonyl (C=O) groups is 1. The lowest BCUT2D eigenvalue weighted by Gasteiger charge is -2.22. The van der Waals surface area contributed by atoms with Gasteiger partial charge >= 0.3 is 0 Å². The number of carbonyl (C=O) groups excluding carboxylic acids is 1. The van der Waals surface area contributed by atoms with Crippen molar-refractivity contribution in [3.63, 3.8) is 0 Å². The second-order valence-corrected chi connectivity index (χ2v) is 7.08. The SMILES string of the molecule is NCc1cc(F)ccc1-c1cc(C(N)=O)c2[nH]cc(C3CCNCC3)c2c1. The molecule has 1 aromatic heterocycles. The normalized spacial score (nSPS) is 15.3. The summed E-state index contributed by atoms with van der Waals surface area (Å²) in [6, 6.07) is 8.38. The first-order valence-electron chi connectivity index (χ1n) is 9.23. The number of piperidine rings is 1. The first-order valence-corrected chi connectivity index (χ1v) is 9.23. The molecule has 1 aliphatic heterocycles. The van der Waals surface area contributed by atoms with E-state index < -0.39 is 5.91 Å². The number of primary amides is 1. The molecule has 1 aliphatic rings. The Morgan fingerprint density at radius 1 is 1.19 bits per heavy atom. The lowest BCUT2D eigenvalue weighted by molar-refractivity contribution is 0.100. The standard InChI is InChI=1S/C21H23FN4O/c22-15-1-2-16(14(7-15)10-23)13-8-17-19(12-3-5-25-6-4-12)11-26-20(17)18(9-13)21(24)27/h1-2,7-9,11-12,25-26H,3-6,10,23H2,(H2,24,27). The predicted octanol–water partition coefficient (Wildman–Crippen LogP) is 3.00. The molecule has 0 radical (unpaired) electrons. The molecule has 1 amide bonds. The van der Waals surface area contributed by atoms with E-state index in [1.807, 2.05) is 6.20 Å². The van der Waals surface area contributed by atoms with Gasteiger partial charge < -0.3 is 21.8 Å². The molecule has 1 fully saturated rings. The van der Waals surface area contributed by atoms with Crippen LogP contribution in [0.5, 0.6) is 0 Å². The molecule has 0 atom stereocenters. The molecule has 2 heterocycles. The first-order chi connectivity index (χ1) is 13.1.